The van der Waals surface area contributed by atoms with Crippen molar-refractivity contribution in [1.82, 2.24) is 10.4 Å². The van der Waals surface area contributed by atoms with Crippen LogP contribution in [0, 0.1) is 0 Å². The number of fused-ring (bicyclic) bond motifs is 1. The van der Waals surface area contributed by atoms with Gasteiger partial charge in [-0.2, -0.15) is 5.10 Å². The summed E-state index contributed by atoms with van der Waals surface area (Å²) in [6, 6.07) is 19.8. The zero-order valence-corrected chi connectivity index (χ0v) is 14.2. The molecule has 3 aromatic rings. The van der Waals surface area contributed by atoms with E-state index in [1.807, 2.05) is 36.4 Å². The van der Waals surface area contributed by atoms with E-state index in [2.05, 4.69) is 15.5 Å². The maximum Gasteiger partial charge on any atom is 0.271 e. The summed E-state index contributed by atoms with van der Waals surface area (Å²) in [5.74, 6) is 1.75. The molecule has 1 amide bonds. The van der Waals surface area contributed by atoms with Gasteiger partial charge >= 0.3 is 0 Å². The van der Waals surface area contributed by atoms with Crippen molar-refractivity contribution in [3.8, 4) is 11.5 Å². The van der Waals surface area contributed by atoms with E-state index in [1.165, 1.54) is 6.21 Å². The number of carbonyl (C=O) groups excluding carboxylic acids is 1. The van der Waals surface area contributed by atoms with Gasteiger partial charge < -0.3 is 9.47 Å². The van der Waals surface area contributed by atoms with Gasteiger partial charge in [-0.15, -0.1) is 0 Å². The number of nitrogens with one attached hydrogen (secondary N) is 1. The summed E-state index contributed by atoms with van der Waals surface area (Å²) in [5, 5.41) is 4.02. The van der Waals surface area contributed by atoms with Crippen molar-refractivity contribution in [3.63, 3.8) is 0 Å². The molecule has 6 heteroatoms. The molecule has 0 bridgehead atoms. The Hall–Kier alpha value is -3.93. The summed E-state index contributed by atoms with van der Waals surface area (Å²) in [7, 11) is 0. The molecule has 1 aliphatic rings. The predicted molar refractivity (Wildman–Crippen MR) is 101 cm³/mol. The second-order valence-corrected chi connectivity index (χ2v) is 5.65. The van der Waals surface area contributed by atoms with Gasteiger partial charge in [0.2, 0.25) is 0 Å². The fraction of sp³-hybridized carbons (Fsp3) is 0. The normalized spacial score (nSPS) is 12.9. The van der Waals surface area contributed by atoms with E-state index in [1.54, 1.807) is 42.7 Å². The molecule has 0 saturated heterocycles. The standard InChI is InChI=1S/C21H15N3O3/c25-21(16-6-2-1-3-7-16)24-23-14-19-20(15-10-12-22-13-11-15)27-18-9-5-4-8-17(18)26-19/h1-14H,(H,24,25)/b23-14-. The van der Waals surface area contributed by atoms with Crippen molar-refractivity contribution in [1.29, 1.82) is 0 Å². The van der Waals surface area contributed by atoms with Gasteiger partial charge in [-0.3, -0.25) is 9.78 Å². The molecule has 27 heavy (non-hydrogen) atoms. The molecule has 0 saturated carbocycles. The highest BCUT2D eigenvalue weighted by atomic mass is 16.6. The molecule has 0 atom stereocenters. The minimum Gasteiger partial charge on any atom is -0.449 e. The van der Waals surface area contributed by atoms with Gasteiger partial charge in [0.15, 0.2) is 23.0 Å². The smallest absolute Gasteiger partial charge is 0.271 e. The number of pyridine rings is 1. The van der Waals surface area contributed by atoms with Crippen LogP contribution in [0.25, 0.3) is 5.76 Å². The molecular formula is C21H15N3O3. The van der Waals surface area contributed by atoms with Crippen molar-refractivity contribution < 1.29 is 14.3 Å². The monoisotopic (exact) mass is 357 g/mol. The minimum atomic E-state index is -0.310. The Labute approximate surface area is 155 Å². The van der Waals surface area contributed by atoms with Crippen LogP contribution in [0.4, 0.5) is 0 Å². The summed E-state index contributed by atoms with van der Waals surface area (Å²) in [4.78, 5) is 16.1. The number of benzene rings is 2. The lowest BCUT2D eigenvalue weighted by molar-refractivity contribution is 0.0955. The SMILES string of the molecule is O=C(N/N=C\C1=C(c2ccncc2)Oc2ccccc2O1)c1ccccc1. The Morgan fingerprint density at radius 3 is 2.30 bits per heavy atom. The van der Waals surface area contributed by atoms with Gasteiger partial charge in [-0.05, 0) is 36.4 Å². The number of hydrazone groups is 1. The molecule has 1 aliphatic heterocycles. The van der Waals surface area contributed by atoms with Gasteiger partial charge in [-0.1, -0.05) is 30.3 Å². The third kappa shape index (κ3) is 3.69. The quantitative estimate of drug-likeness (QED) is 0.572. The van der Waals surface area contributed by atoms with E-state index >= 15 is 0 Å². The van der Waals surface area contributed by atoms with Crippen LogP contribution < -0.4 is 14.9 Å². The van der Waals surface area contributed by atoms with Crippen LogP contribution in [0.2, 0.25) is 0 Å². The van der Waals surface area contributed by atoms with Crippen LogP contribution >= 0.6 is 0 Å². The van der Waals surface area contributed by atoms with Gasteiger partial charge in [0, 0.05) is 23.5 Å². The molecule has 1 N–H and O–H groups in total. The summed E-state index contributed by atoms with van der Waals surface area (Å²) in [6.45, 7) is 0. The Bertz CT molecular complexity index is 1020. The van der Waals surface area contributed by atoms with Crippen molar-refractivity contribution >= 4 is 17.9 Å². The zero-order chi connectivity index (χ0) is 18.5. The molecule has 0 radical (unpaired) electrons. The number of hydrogen-bond acceptors (Lipinski definition) is 5. The first kappa shape index (κ1) is 16.5. The summed E-state index contributed by atoms with van der Waals surface area (Å²) >= 11 is 0. The highest BCUT2D eigenvalue weighted by Gasteiger charge is 2.21. The fourth-order valence-corrected chi connectivity index (χ4v) is 2.54. The Balaban J connectivity index is 1.61. The number of nitrogens with zero attached hydrogens (tertiary/aromatic N) is 2. The number of amides is 1. The van der Waals surface area contributed by atoms with E-state index < -0.39 is 0 Å². The Morgan fingerprint density at radius 2 is 1.56 bits per heavy atom. The van der Waals surface area contributed by atoms with Gasteiger partial charge in [-0.25, -0.2) is 5.43 Å². The van der Waals surface area contributed by atoms with Crippen molar-refractivity contribution in [3.05, 3.63) is 96.0 Å². The van der Waals surface area contributed by atoms with Crippen molar-refractivity contribution in [2.24, 2.45) is 5.10 Å². The molecule has 0 spiro atoms. The molecule has 132 valence electrons. The third-order valence-corrected chi connectivity index (χ3v) is 3.83. The van der Waals surface area contributed by atoms with E-state index in [0.717, 1.165) is 5.56 Å². The van der Waals surface area contributed by atoms with E-state index in [-0.39, 0.29) is 5.91 Å². The molecule has 0 fully saturated rings. The number of rotatable bonds is 4. The highest BCUT2D eigenvalue weighted by molar-refractivity contribution is 5.95. The van der Waals surface area contributed by atoms with Crippen LogP contribution in [0.1, 0.15) is 15.9 Å². The van der Waals surface area contributed by atoms with Gasteiger partial charge in [0.25, 0.3) is 5.91 Å². The molecule has 2 heterocycles. The summed E-state index contributed by atoms with van der Waals surface area (Å²) < 4.78 is 11.9. The third-order valence-electron chi connectivity index (χ3n) is 3.83. The fourth-order valence-electron chi connectivity index (χ4n) is 2.54. The molecule has 0 aliphatic carbocycles. The zero-order valence-electron chi connectivity index (χ0n) is 14.2. The molecule has 2 aromatic carbocycles. The van der Waals surface area contributed by atoms with Crippen molar-refractivity contribution in [2.75, 3.05) is 0 Å². The van der Waals surface area contributed by atoms with E-state index in [9.17, 15) is 4.79 Å². The lowest BCUT2D eigenvalue weighted by Gasteiger charge is -2.21. The molecule has 4 rings (SSSR count). The average Bonchev–Trinajstić information content (AvgIpc) is 2.74. The number of aromatic nitrogens is 1. The summed E-state index contributed by atoms with van der Waals surface area (Å²) in [5.41, 5.74) is 3.80. The number of ether oxygens (including phenoxy) is 2. The molecule has 0 unspecified atom stereocenters. The Morgan fingerprint density at radius 1 is 0.889 bits per heavy atom. The first-order valence-electron chi connectivity index (χ1n) is 8.29. The van der Waals surface area contributed by atoms with Gasteiger partial charge in [0.1, 0.15) is 0 Å². The van der Waals surface area contributed by atoms with Crippen LogP contribution in [0.15, 0.2) is 90.0 Å². The highest BCUT2D eigenvalue weighted by Crippen LogP contribution is 2.37. The van der Waals surface area contributed by atoms with Crippen LogP contribution in [0.3, 0.4) is 0 Å². The lowest BCUT2D eigenvalue weighted by Crippen LogP contribution is -2.19. The average molecular weight is 357 g/mol. The van der Waals surface area contributed by atoms with Gasteiger partial charge in [0.05, 0.1) is 6.21 Å². The van der Waals surface area contributed by atoms with Crippen LogP contribution in [0.5, 0.6) is 11.5 Å². The first-order chi connectivity index (χ1) is 13.3. The predicted octanol–water partition coefficient (Wildman–Crippen LogP) is 3.64. The number of allylic oxidation sites excluding steroid dienone is 1. The number of para-hydroxylation sites is 2. The second-order valence-electron chi connectivity index (χ2n) is 5.65. The maximum absolute atomic E-state index is 12.1. The lowest BCUT2D eigenvalue weighted by atomic mass is 10.2. The number of hydrogen-bond donors (Lipinski definition) is 1. The van der Waals surface area contributed by atoms with Crippen LogP contribution in [-0.2, 0) is 0 Å². The van der Waals surface area contributed by atoms with E-state index in [4.69, 9.17) is 9.47 Å². The molecular weight excluding hydrogens is 342 g/mol. The number of carbonyl (C=O) groups is 1. The molecule has 6 nitrogen and oxygen atoms in total. The molecule has 1 aromatic heterocycles. The minimum absolute atomic E-state index is 0.310. The largest absolute Gasteiger partial charge is 0.449 e. The van der Waals surface area contributed by atoms with E-state index in [0.29, 0.717) is 28.6 Å². The second kappa shape index (κ2) is 7.53. The first-order valence-corrected chi connectivity index (χ1v) is 8.29. The van der Waals surface area contributed by atoms with Crippen molar-refractivity contribution in [2.45, 2.75) is 0 Å². The topological polar surface area (TPSA) is 72.8 Å². The van der Waals surface area contributed by atoms with Crippen LogP contribution in [-0.4, -0.2) is 17.1 Å². The Kier molecular flexibility index (Phi) is 4.61. The summed E-state index contributed by atoms with van der Waals surface area (Å²) in [6.07, 6.45) is 4.75. The maximum atomic E-state index is 12.1.